The van der Waals surface area contributed by atoms with E-state index in [4.69, 9.17) is 0 Å². The molecule has 0 bridgehead atoms. The van der Waals surface area contributed by atoms with E-state index >= 15 is 0 Å². The molecule has 2 aromatic carbocycles. The Morgan fingerprint density at radius 1 is 0.429 bits per heavy atom. The molecular weight excluding hydrogens is 566 g/mol. The number of halogens is 14. The molecule has 0 spiro atoms. The van der Waals surface area contributed by atoms with Gasteiger partial charge in [-0.05, 0) is 0 Å². The Hall–Kier alpha value is -2.76. The van der Waals surface area contributed by atoms with Crippen molar-refractivity contribution in [2.75, 3.05) is 5.08 Å². The summed E-state index contributed by atoms with van der Waals surface area (Å²) in [5, 5.41) is -7.92. The fraction of sp³-hybridized carbons (Fsp3) is 0.0588. The topological polar surface area (TPSA) is 34.1 Å². The Morgan fingerprint density at radius 3 is 0.857 bits per heavy atom. The summed E-state index contributed by atoms with van der Waals surface area (Å²) in [7, 11) is -7.70. The minimum atomic E-state index is -3.85. The van der Waals surface area contributed by atoms with Crippen LogP contribution in [0, 0.1) is 58.2 Å². The minimum Gasteiger partial charge on any atom is -0.251 e. The highest BCUT2D eigenvalue weighted by Crippen LogP contribution is 2.35. The van der Waals surface area contributed by atoms with E-state index in [0.29, 0.717) is 0 Å². The average molecular weight is 568 g/mol. The van der Waals surface area contributed by atoms with E-state index in [0.717, 1.165) is 0 Å². The third-order valence-corrected chi connectivity index (χ3v) is 6.69. The van der Waals surface area contributed by atoms with Gasteiger partial charge in [0.1, 0.15) is 5.08 Å². The van der Waals surface area contributed by atoms with Gasteiger partial charge in [-0.2, -0.15) is 8.78 Å². The minimum absolute atomic E-state index is 2.12. The van der Waals surface area contributed by atoms with E-state index in [-0.39, 0.29) is 0 Å². The lowest BCUT2D eigenvalue weighted by Gasteiger charge is -2.08. The summed E-state index contributed by atoms with van der Waals surface area (Å²) in [5.41, 5.74) is -5.14. The molecule has 0 aliphatic carbocycles. The molecular formula is C17H2F14O2S2. The first kappa shape index (κ1) is 28.5. The van der Waals surface area contributed by atoms with Gasteiger partial charge in [0.25, 0.3) is 0 Å². The zero-order chi connectivity index (χ0) is 27.1. The van der Waals surface area contributed by atoms with Gasteiger partial charge in [-0.25, -0.2) is 52.7 Å². The lowest BCUT2D eigenvalue weighted by molar-refractivity contribution is 0.374. The molecule has 2 atom stereocenters. The molecule has 0 heterocycles. The fourth-order valence-corrected chi connectivity index (χ4v) is 4.40. The van der Waals surface area contributed by atoms with Gasteiger partial charge in [-0.1, -0.05) is 0 Å². The van der Waals surface area contributed by atoms with Gasteiger partial charge >= 0.3 is 0 Å². The highest BCUT2D eigenvalue weighted by atomic mass is 32.2. The third kappa shape index (κ3) is 4.98. The molecule has 2 nitrogen and oxygen atoms in total. The number of rotatable bonds is 6. The summed E-state index contributed by atoms with van der Waals surface area (Å²) in [6.45, 7) is 0. The van der Waals surface area contributed by atoms with E-state index in [1.54, 1.807) is 0 Å². The van der Waals surface area contributed by atoms with Crippen molar-refractivity contribution in [1.29, 1.82) is 0 Å². The Balaban J connectivity index is 2.49. The molecule has 0 aliphatic heterocycles. The zero-order valence-corrected chi connectivity index (χ0v) is 17.3. The standard InChI is InChI=1S/C17H2F14O2S2/c18-4-2(5(19)11(25)14(28)10(4)24)8(22)16(30)34(32)1-35(33)17(31)9(23)3-6(20)12(26)15(29)13(27)7(3)21/h1H2/b16-8+,17-9+. The van der Waals surface area contributed by atoms with E-state index < -0.39 is 118 Å². The molecule has 0 saturated heterocycles. The lowest BCUT2D eigenvalue weighted by Crippen LogP contribution is -2.11. The van der Waals surface area contributed by atoms with Crippen LogP contribution in [0.15, 0.2) is 10.3 Å². The summed E-state index contributed by atoms with van der Waals surface area (Å²) >= 11 is 0. The van der Waals surface area contributed by atoms with Gasteiger partial charge in [-0.15, -0.1) is 0 Å². The third-order valence-electron chi connectivity index (χ3n) is 3.82. The largest absolute Gasteiger partial charge is 0.251 e. The van der Waals surface area contributed by atoms with Crippen LogP contribution in [0.3, 0.4) is 0 Å². The van der Waals surface area contributed by atoms with Crippen LogP contribution in [0.25, 0.3) is 11.7 Å². The zero-order valence-electron chi connectivity index (χ0n) is 15.6. The number of hydrogen-bond donors (Lipinski definition) is 0. The monoisotopic (exact) mass is 568 g/mol. The van der Waals surface area contributed by atoms with Gasteiger partial charge in [0, 0.05) is 0 Å². The first-order chi connectivity index (χ1) is 16.1. The van der Waals surface area contributed by atoms with E-state index in [2.05, 4.69) is 0 Å². The molecule has 0 radical (unpaired) electrons. The predicted octanol–water partition coefficient (Wildman–Crippen LogP) is 6.36. The van der Waals surface area contributed by atoms with Crippen LogP contribution in [0.2, 0.25) is 0 Å². The number of benzene rings is 2. The molecule has 2 unspecified atom stereocenters. The Labute approximate surface area is 188 Å². The van der Waals surface area contributed by atoms with Crippen molar-refractivity contribution in [2.45, 2.75) is 0 Å². The Morgan fingerprint density at radius 2 is 0.629 bits per heavy atom. The second-order valence-corrected chi connectivity index (χ2v) is 8.92. The van der Waals surface area contributed by atoms with Crippen LogP contribution in [0.1, 0.15) is 11.1 Å². The molecule has 0 saturated carbocycles. The van der Waals surface area contributed by atoms with Crippen molar-refractivity contribution in [2.24, 2.45) is 0 Å². The quantitative estimate of drug-likeness (QED) is 0.231. The second-order valence-electron chi connectivity index (χ2n) is 5.87. The molecule has 0 fully saturated rings. The van der Waals surface area contributed by atoms with Crippen molar-refractivity contribution in [3.63, 3.8) is 0 Å². The maximum absolute atomic E-state index is 14.0. The molecule has 0 aliphatic rings. The summed E-state index contributed by atoms with van der Waals surface area (Å²) in [6.07, 6.45) is 0. The Kier molecular flexibility index (Phi) is 8.52. The van der Waals surface area contributed by atoms with Crippen LogP contribution in [-0.2, 0) is 21.6 Å². The summed E-state index contributed by atoms with van der Waals surface area (Å²) < 4.78 is 212. The summed E-state index contributed by atoms with van der Waals surface area (Å²) in [5.74, 6) is -34.3. The fourth-order valence-electron chi connectivity index (χ4n) is 2.19. The average Bonchev–Trinajstić information content (AvgIpc) is 2.82. The van der Waals surface area contributed by atoms with Crippen LogP contribution in [0.4, 0.5) is 61.5 Å². The van der Waals surface area contributed by atoms with E-state index in [1.165, 1.54) is 0 Å². The van der Waals surface area contributed by atoms with Crippen LogP contribution >= 0.6 is 0 Å². The lowest BCUT2D eigenvalue weighted by atomic mass is 10.1. The second kappa shape index (κ2) is 10.5. The molecule has 0 amide bonds. The maximum atomic E-state index is 14.0. The first-order valence-corrected chi connectivity index (χ1v) is 10.6. The summed E-state index contributed by atoms with van der Waals surface area (Å²) in [4.78, 5) is 0. The molecule has 192 valence electrons. The van der Waals surface area contributed by atoms with Crippen LogP contribution < -0.4 is 0 Å². The first-order valence-electron chi connectivity index (χ1n) is 7.96. The van der Waals surface area contributed by atoms with Gasteiger partial charge < -0.3 is 0 Å². The molecule has 18 heteroatoms. The van der Waals surface area contributed by atoms with Crippen molar-refractivity contribution < 1.29 is 69.9 Å². The highest BCUT2D eigenvalue weighted by Gasteiger charge is 2.34. The van der Waals surface area contributed by atoms with E-state index in [9.17, 15) is 69.9 Å². The molecule has 2 aromatic rings. The van der Waals surface area contributed by atoms with Crippen molar-refractivity contribution in [3.05, 3.63) is 79.6 Å². The van der Waals surface area contributed by atoms with Crippen LogP contribution in [-0.4, -0.2) is 13.5 Å². The van der Waals surface area contributed by atoms with Gasteiger partial charge in [0.05, 0.1) is 32.7 Å². The van der Waals surface area contributed by atoms with Crippen molar-refractivity contribution in [1.82, 2.24) is 0 Å². The smallest absolute Gasteiger partial charge is 0.224 e. The summed E-state index contributed by atoms with van der Waals surface area (Å²) in [6, 6.07) is 0. The van der Waals surface area contributed by atoms with Gasteiger partial charge in [-0.3, -0.25) is 8.42 Å². The molecule has 35 heavy (non-hydrogen) atoms. The SMILES string of the molecule is O=S(CS(=O)/C(F)=C(/F)c1c(F)c(F)c(F)c(F)c1F)/C(F)=C(/F)c1c(F)c(F)c(F)c(F)c1F. The van der Waals surface area contributed by atoms with Crippen LogP contribution in [0.5, 0.6) is 0 Å². The predicted molar refractivity (Wildman–Crippen MR) is 91.9 cm³/mol. The molecule has 0 N–H and O–H groups in total. The van der Waals surface area contributed by atoms with Crippen molar-refractivity contribution in [3.8, 4) is 0 Å². The Bertz CT molecular complexity index is 1190. The molecule has 2 rings (SSSR count). The van der Waals surface area contributed by atoms with Gasteiger partial charge in [0.2, 0.25) is 22.0 Å². The molecule has 0 aromatic heterocycles. The maximum Gasteiger partial charge on any atom is 0.224 e. The van der Waals surface area contributed by atoms with E-state index in [1.807, 2.05) is 0 Å². The normalized spacial score (nSPS) is 15.0. The number of hydrogen-bond acceptors (Lipinski definition) is 2. The van der Waals surface area contributed by atoms with Gasteiger partial charge in [0.15, 0.2) is 58.2 Å². The highest BCUT2D eigenvalue weighted by molar-refractivity contribution is 8.05. The van der Waals surface area contributed by atoms with Crippen molar-refractivity contribution >= 4 is 33.3 Å².